The Morgan fingerprint density at radius 3 is 2.29 bits per heavy atom. The van der Waals surface area contributed by atoms with Crippen LogP contribution in [0.1, 0.15) is 33.6 Å². The Bertz CT molecular complexity index is 1340. The summed E-state index contributed by atoms with van der Waals surface area (Å²) in [6, 6.07) is 22.8. The third-order valence-electron chi connectivity index (χ3n) is 5.10. The molecule has 0 radical (unpaired) electrons. The first kappa shape index (κ1) is 23.8. The van der Waals surface area contributed by atoms with Crippen molar-refractivity contribution in [2.24, 2.45) is 0 Å². The molecule has 8 nitrogen and oxygen atoms in total. The number of nitrogens with one attached hydrogen (secondary N) is 2. The van der Waals surface area contributed by atoms with Gasteiger partial charge in [0.2, 0.25) is 11.0 Å². The molecule has 0 saturated carbocycles. The van der Waals surface area contributed by atoms with Crippen LogP contribution in [0.15, 0.2) is 78.9 Å². The second-order valence-corrected chi connectivity index (χ2v) is 8.46. The fraction of sp³-hybridized carbons (Fsp3) is 0.115. The van der Waals surface area contributed by atoms with Crippen molar-refractivity contribution in [1.29, 1.82) is 0 Å². The molecule has 1 heterocycles. The van der Waals surface area contributed by atoms with Gasteiger partial charge in [-0.25, -0.2) is 0 Å². The molecule has 0 aliphatic rings. The Labute approximate surface area is 206 Å². The fourth-order valence-corrected chi connectivity index (χ4v) is 4.03. The van der Waals surface area contributed by atoms with Crippen molar-refractivity contribution in [3.05, 3.63) is 90.0 Å². The Hall–Kier alpha value is -4.37. The highest BCUT2D eigenvalue weighted by atomic mass is 32.1. The second kappa shape index (κ2) is 11.2. The van der Waals surface area contributed by atoms with E-state index < -0.39 is 5.91 Å². The quantitative estimate of drug-likeness (QED) is 0.320. The molecular weight excluding hydrogens is 464 g/mol. The number of ketones is 1. The number of para-hydroxylation sites is 1. The fourth-order valence-electron chi connectivity index (χ4n) is 3.29. The van der Waals surface area contributed by atoms with Crippen LogP contribution in [-0.2, 0) is 4.79 Å². The van der Waals surface area contributed by atoms with Crippen molar-refractivity contribution in [1.82, 2.24) is 10.2 Å². The Morgan fingerprint density at radius 2 is 1.54 bits per heavy atom. The number of ether oxygens (including phenoxy) is 1. The van der Waals surface area contributed by atoms with E-state index in [-0.39, 0.29) is 30.1 Å². The number of hydrogen-bond donors (Lipinski definition) is 2. The lowest BCUT2D eigenvalue weighted by atomic mass is 10.1. The van der Waals surface area contributed by atoms with Gasteiger partial charge in [0.05, 0.1) is 18.4 Å². The lowest BCUT2D eigenvalue weighted by Crippen LogP contribution is -2.18. The minimum atomic E-state index is -0.432. The number of methoxy groups -OCH3 is 1. The van der Waals surface area contributed by atoms with Crippen LogP contribution < -0.4 is 15.4 Å². The van der Waals surface area contributed by atoms with Gasteiger partial charge in [-0.15, -0.1) is 10.2 Å². The Kier molecular flexibility index (Phi) is 7.59. The van der Waals surface area contributed by atoms with E-state index in [1.165, 1.54) is 11.3 Å². The van der Waals surface area contributed by atoms with E-state index in [1.54, 1.807) is 55.6 Å². The standard InChI is InChI=1S/C26H22N4O4S/c1-34-19-13-11-18(12-14-19)25-29-30-26(35-25)28-24(33)20-9-5-6-10-21(20)27-23(32)16-15-22(31)17-7-3-2-4-8-17/h2-14H,15-16H2,1H3,(H,27,32)(H,28,30,33). The largest absolute Gasteiger partial charge is 0.497 e. The highest BCUT2D eigenvalue weighted by molar-refractivity contribution is 7.18. The van der Waals surface area contributed by atoms with Crippen LogP contribution >= 0.6 is 11.3 Å². The van der Waals surface area contributed by atoms with E-state index in [0.717, 1.165) is 11.3 Å². The molecule has 9 heteroatoms. The zero-order chi connectivity index (χ0) is 24.6. The molecule has 0 fully saturated rings. The van der Waals surface area contributed by atoms with Crippen molar-refractivity contribution >= 4 is 39.8 Å². The number of carbonyl (C=O) groups excluding carboxylic acids is 3. The van der Waals surface area contributed by atoms with Crippen LogP contribution in [0.4, 0.5) is 10.8 Å². The molecule has 3 aromatic carbocycles. The number of amides is 2. The summed E-state index contributed by atoms with van der Waals surface area (Å²) in [5.74, 6) is -0.170. The summed E-state index contributed by atoms with van der Waals surface area (Å²) in [4.78, 5) is 37.6. The third-order valence-corrected chi connectivity index (χ3v) is 5.99. The van der Waals surface area contributed by atoms with E-state index >= 15 is 0 Å². The van der Waals surface area contributed by atoms with Gasteiger partial charge >= 0.3 is 0 Å². The summed E-state index contributed by atoms with van der Waals surface area (Å²) < 4.78 is 5.16. The minimum Gasteiger partial charge on any atom is -0.497 e. The van der Waals surface area contributed by atoms with Crippen LogP contribution in [-0.4, -0.2) is 34.9 Å². The van der Waals surface area contributed by atoms with Crippen LogP contribution in [0.2, 0.25) is 0 Å². The first-order valence-electron chi connectivity index (χ1n) is 10.8. The zero-order valence-electron chi connectivity index (χ0n) is 18.9. The summed E-state index contributed by atoms with van der Waals surface area (Å²) >= 11 is 1.23. The summed E-state index contributed by atoms with van der Waals surface area (Å²) in [5.41, 5.74) is 2.03. The average Bonchev–Trinajstić information content (AvgIpc) is 3.36. The normalized spacial score (nSPS) is 10.4. The molecule has 35 heavy (non-hydrogen) atoms. The molecule has 2 N–H and O–H groups in total. The van der Waals surface area contributed by atoms with E-state index in [4.69, 9.17) is 4.74 Å². The van der Waals surface area contributed by atoms with Gasteiger partial charge in [-0.3, -0.25) is 19.7 Å². The SMILES string of the molecule is COc1ccc(-c2nnc(NC(=O)c3ccccc3NC(=O)CCC(=O)c3ccccc3)s2)cc1. The topological polar surface area (TPSA) is 110 Å². The average molecular weight is 487 g/mol. The van der Waals surface area contributed by atoms with Crippen molar-refractivity contribution in [3.8, 4) is 16.3 Å². The number of carbonyl (C=O) groups is 3. The molecule has 0 unspecified atom stereocenters. The predicted molar refractivity (Wildman–Crippen MR) is 135 cm³/mol. The maximum atomic E-state index is 12.9. The molecule has 4 aromatic rings. The van der Waals surface area contributed by atoms with Crippen LogP contribution in [0.5, 0.6) is 5.75 Å². The minimum absolute atomic E-state index is 0.00526. The summed E-state index contributed by atoms with van der Waals surface area (Å²) in [6.07, 6.45) is 0.0778. The first-order chi connectivity index (χ1) is 17.0. The monoisotopic (exact) mass is 486 g/mol. The number of aromatic nitrogens is 2. The molecule has 4 rings (SSSR count). The lowest BCUT2D eigenvalue weighted by molar-refractivity contribution is -0.116. The molecule has 0 bridgehead atoms. The van der Waals surface area contributed by atoms with Crippen molar-refractivity contribution < 1.29 is 19.1 Å². The summed E-state index contributed by atoms with van der Waals surface area (Å²) in [6.45, 7) is 0. The van der Waals surface area contributed by atoms with Gasteiger partial charge in [0.1, 0.15) is 10.8 Å². The van der Waals surface area contributed by atoms with Crippen LogP contribution in [0.25, 0.3) is 10.6 Å². The highest BCUT2D eigenvalue weighted by Crippen LogP contribution is 2.28. The van der Waals surface area contributed by atoms with Gasteiger partial charge in [-0.1, -0.05) is 53.8 Å². The zero-order valence-corrected chi connectivity index (χ0v) is 19.7. The number of hydrogen-bond acceptors (Lipinski definition) is 7. The van der Waals surface area contributed by atoms with E-state index in [9.17, 15) is 14.4 Å². The molecule has 0 saturated heterocycles. The van der Waals surface area contributed by atoms with Gasteiger partial charge in [-0.2, -0.15) is 0 Å². The molecule has 1 aromatic heterocycles. The second-order valence-electron chi connectivity index (χ2n) is 7.48. The van der Waals surface area contributed by atoms with Crippen LogP contribution in [0, 0.1) is 0 Å². The summed E-state index contributed by atoms with van der Waals surface area (Å²) in [7, 11) is 1.60. The maximum Gasteiger partial charge on any atom is 0.259 e. The number of rotatable bonds is 9. The van der Waals surface area contributed by atoms with Crippen molar-refractivity contribution in [2.75, 3.05) is 17.7 Å². The molecule has 0 spiro atoms. The van der Waals surface area contributed by atoms with Gasteiger partial charge in [0.15, 0.2) is 5.78 Å². The Balaban J connectivity index is 1.38. The van der Waals surface area contributed by atoms with Crippen molar-refractivity contribution in [2.45, 2.75) is 12.8 Å². The predicted octanol–water partition coefficient (Wildman–Crippen LogP) is 5.07. The van der Waals surface area contributed by atoms with Crippen LogP contribution in [0.3, 0.4) is 0 Å². The molecule has 0 atom stereocenters. The van der Waals surface area contributed by atoms with Gasteiger partial charge in [0.25, 0.3) is 5.91 Å². The highest BCUT2D eigenvalue weighted by Gasteiger charge is 2.17. The van der Waals surface area contributed by atoms with Gasteiger partial charge in [-0.05, 0) is 36.4 Å². The lowest BCUT2D eigenvalue weighted by Gasteiger charge is -2.10. The maximum absolute atomic E-state index is 12.9. The first-order valence-corrected chi connectivity index (χ1v) is 11.6. The smallest absolute Gasteiger partial charge is 0.259 e. The number of benzene rings is 3. The van der Waals surface area contributed by atoms with Gasteiger partial charge < -0.3 is 10.1 Å². The third kappa shape index (κ3) is 6.15. The number of anilines is 2. The number of Topliss-reactive ketones (excluding diaryl/α,β-unsaturated/α-hetero) is 1. The van der Waals surface area contributed by atoms with Crippen molar-refractivity contribution in [3.63, 3.8) is 0 Å². The van der Waals surface area contributed by atoms with E-state index in [1.807, 2.05) is 30.3 Å². The van der Waals surface area contributed by atoms with E-state index in [0.29, 0.717) is 21.4 Å². The molecular formula is C26H22N4O4S. The summed E-state index contributed by atoms with van der Waals surface area (Å²) in [5, 5.41) is 14.6. The van der Waals surface area contributed by atoms with E-state index in [2.05, 4.69) is 20.8 Å². The Morgan fingerprint density at radius 1 is 0.829 bits per heavy atom. The molecule has 2 amide bonds. The molecule has 0 aliphatic heterocycles. The molecule has 176 valence electrons. The molecule has 0 aliphatic carbocycles. The number of nitrogens with zero attached hydrogens (tertiary/aromatic N) is 2. The van der Waals surface area contributed by atoms with Gasteiger partial charge in [0, 0.05) is 24.0 Å².